The van der Waals surface area contributed by atoms with Crippen LogP contribution in [-0.4, -0.2) is 30.3 Å². The number of carboxylic acid groups (broad SMARTS) is 1. The van der Waals surface area contributed by atoms with Crippen LogP contribution in [0.4, 0.5) is 10.5 Å². The minimum atomic E-state index is -0.756. The zero-order chi connectivity index (χ0) is 17.0. The number of carbonyl (C=O) groups is 2. The number of ether oxygens (including phenoxy) is 1. The van der Waals surface area contributed by atoms with Crippen LogP contribution in [-0.2, 0) is 4.79 Å². The second kappa shape index (κ2) is 7.55. The van der Waals surface area contributed by atoms with Gasteiger partial charge in [-0.3, -0.25) is 4.79 Å². The Hall–Kier alpha value is -1.95. The normalized spacial score (nSPS) is 20.7. The molecule has 0 bridgehead atoms. The number of aryl methyl sites for hydroxylation is 1. The summed E-state index contributed by atoms with van der Waals surface area (Å²) in [7, 11) is 1.56. The molecule has 3 N–H and O–H groups in total. The van der Waals surface area contributed by atoms with Gasteiger partial charge in [0.2, 0.25) is 0 Å². The van der Waals surface area contributed by atoms with Crippen molar-refractivity contribution in [3.05, 3.63) is 22.7 Å². The Morgan fingerprint density at radius 2 is 1.91 bits per heavy atom. The molecular formula is C16H21ClN2O4. The minimum Gasteiger partial charge on any atom is -0.496 e. The first-order valence-electron chi connectivity index (χ1n) is 7.55. The summed E-state index contributed by atoms with van der Waals surface area (Å²) in [6.07, 6.45) is 2.50. The topological polar surface area (TPSA) is 87.7 Å². The standard InChI is InChI=1S/C16H21ClN2O4/c1-9-7-13(12(17)8-14(9)23-2)19-16(22)18-11-5-3-10(4-6-11)15(20)21/h7-8,10-11H,3-6H2,1-2H3,(H,20,21)(H2,18,19,22). The van der Waals surface area contributed by atoms with Crippen molar-refractivity contribution < 1.29 is 19.4 Å². The molecule has 0 unspecified atom stereocenters. The average molecular weight is 341 g/mol. The quantitative estimate of drug-likeness (QED) is 0.783. The van der Waals surface area contributed by atoms with Crippen molar-refractivity contribution in [2.75, 3.05) is 12.4 Å². The minimum absolute atomic E-state index is 0.0104. The van der Waals surface area contributed by atoms with Gasteiger partial charge in [0, 0.05) is 12.1 Å². The molecule has 2 amide bonds. The monoisotopic (exact) mass is 340 g/mol. The van der Waals surface area contributed by atoms with E-state index >= 15 is 0 Å². The number of anilines is 1. The third kappa shape index (κ3) is 4.51. The number of benzene rings is 1. The van der Waals surface area contributed by atoms with E-state index < -0.39 is 5.97 Å². The molecule has 126 valence electrons. The van der Waals surface area contributed by atoms with E-state index in [1.165, 1.54) is 0 Å². The van der Waals surface area contributed by atoms with Gasteiger partial charge < -0.3 is 20.5 Å². The Bertz CT molecular complexity index is 598. The molecule has 0 saturated heterocycles. The Labute approximate surface area is 140 Å². The maximum atomic E-state index is 12.1. The molecule has 1 fully saturated rings. The smallest absolute Gasteiger partial charge is 0.319 e. The second-order valence-electron chi connectivity index (χ2n) is 5.79. The van der Waals surface area contributed by atoms with Gasteiger partial charge in [-0.2, -0.15) is 0 Å². The van der Waals surface area contributed by atoms with E-state index in [4.69, 9.17) is 21.4 Å². The lowest BCUT2D eigenvalue weighted by atomic mass is 9.86. The Balaban J connectivity index is 1.91. The number of aliphatic carboxylic acids is 1. The summed E-state index contributed by atoms with van der Waals surface area (Å²) in [5.41, 5.74) is 1.39. The first-order chi connectivity index (χ1) is 10.9. The molecule has 1 aliphatic carbocycles. The molecule has 0 atom stereocenters. The predicted octanol–water partition coefficient (Wildman–Crippen LogP) is 3.42. The maximum absolute atomic E-state index is 12.1. The highest BCUT2D eigenvalue weighted by atomic mass is 35.5. The van der Waals surface area contributed by atoms with Gasteiger partial charge in [0.15, 0.2) is 0 Å². The number of methoxy groups -OCH3 is 1. The van der Waals surface area contributed by atoms with Crippen LogP contribution in [0.5, 0.6) is 5.75 Å². The van der Waals surface area contributed by atoms with Crippen molar-refractivity contribution >= 4 is 29.3 Å². The summed E-state index contributed by atoms with van der Waals surface area (Å²) in [6.45, 7) is 1.87. The van der Waals surface area contributed by atoms with E-state index in [1.54, 1.807) is 19.2 Å². The summed E-state index contributed by atoms with van der Waals surface area (Å²) in [5, 5.41) is 15.0. The van der Waals surface area contributed by atoms with Crippen LogP contribution in [0, 0.1) is 12.8 Å². The number of rotatable bonds is 4. The van der Waals surface area contributed by atoms with E-state index in [1.807, 2.05) is 6.92 Å². The molecular weight excluding hydrogens is 320 g/mol. The second-order valence-corrected chi connectivity index (χ2v) is 6.19. The van der Waals surface area contributed by atoms with Crippen LogP contribution >= 0.6 is 11.6 Å². The van der Waals surface area contributed by atoms with Gasteiger partial charge in [0.25, 0.3) is 0 Å². The number of hydrogen-bond donors (Lipinski definition) is 3. The summed E-state index contributed by atoms with van der Waals surface area (Å²) in [4.78, 5) is 23.0. The van der Waals surface area contributed by atoms with Gasteiger partial charge in [-0.1, -0.05) is 11.6 Å². The molecule has 0 radical (unpaired) electrons. The van der Waals surface area contributed by atoms with Crippen molar-refractivity contribution in [1.29, 1.82) is 0 Å². The zero-order valence-corrected chi connectivity index (χ0v) is 13.9. The highest BCUT2D eigenvalue weighted by Gasteiger charge is 2.26. The summed E-state index contributed by atoms with van der Waals surface area (Å²) < 4.78 is 5.18. The van der Waals surface area contributed by atoms with E-state index in [0.717, 1.165) is 5.56 Å². The molecule has 6 nitrogen and oxygen atoms in total. The Kier molecular flexibility index (Phi) is 5.71. The van der Waals surface area contributed by atoms with Crippen LogP contribution in [0.3, 0.4) is 0 Å². The van der Waals surface area contributed by atoms with Crippen molar-refractivity contribution in [3.8, 4) is 5.75 Å². The third-order valence-electron chi connectivity index (χ3n) is 4.14. The third-order valence-corrected chi connectivity index (χ3v) is 4.46. The first kappa shape index (κ1) is 17.4. The zero-order valence-electron chi connectivity index (χ0n) is 13.2. The van der Waals surface area contributed by atoms with Crippen LogP contribution in [0.1, 0.15) is 31.2 Å². The highest BCUT2D eigenvalue weighted by molar-refractivity contribution is 6.33. The van der Waals surface area contributed by atoms with E-state index in [0.29, 0.717) is 42.1 Å². The lowest BCUT2D eigenvalue weighted by Crippen LogP contribution is -2.41. The lowest BCUT2D eigenvalue weighted by molar-refractivity contribution is -0.142. The summed E-state index contributed by atoms with van der Waals surface area (Å²) in [5.74, 6) is -0.392. The van der Waals surface area contributed by atoms with Crippen molar-refractivity contribution in [3.63, 3.8) is 0 Å². The summed E-state index contributed by atoms with van der Waals surface area (Å²) in [6, 6.07) is 3.06. The predicted molar refractivity (Wildman–Crippen MR) is 88.3 cm³/mol. The van der Waals surface area contributed by atoms with E-state index in [-0.39, 0.29) is 18.0 Å². The number of hydrogen-bond acceptors (Lipinski definition) is 3. The number of nitrogens with one attached hydrogen (secondary N) is 2. The van der Waals surface area contributed by atoms with Crippen molar-refractivity contribution in [1.82, 2.24) is 5.32 Å². The lowest BCUT2D eigenvalue weighted by Gasteiger charge is -2.27. The van der Waals surface area contributed by atoms with Crippen molar-refractivity contribution in [2.24, 2.45) is 5.92 Å². The maximum Gasteiger partial charge on any atom is 0.319 e. The van der Waals surface area contributed by atoms with E-state index in [9.17, 15) is 9.59 Å². The molecule has 0 aliphatic heterocycles. The van der Waals surface area contributed by atoms with E-state index in [2.05, 4.69) is 10.6 Å². The largest absolute Gasteiger partial charge is 0.496 e. The molecule has 1 saturated carbocycles. The number of amides is 2. The molecule has 23 heavy (non-hydrogen) atoms. The average Bonchev–Trinajstić information content (AvgIpc) is 2.51. The van der Waals surface area contributed by atoms with Gasteiger partial charge >= 0.3 is 12.0 Å². The number of carboxylic acids is 1. The van der Waals surface area contributed by atoms with Crippen LogP contribution in [0.25, 0.3) is 0 Å². The molecule has 1 aliphatic rings. The first-order valence-corrected chi connectivity index (χ1v) is 7.93. The van der Waals surface area contributed by atoms with Gasteiger partial charge in [0.1, 0.15) is 5.75 Å². The molecule has 1 aromatic carbocycles. The molecule has 2 rings (SSSR count). The van der Waals surface area contributed by atoms with Gasteiger partial charge in [-0.25, -0.2) is 4.79 Å². The van der Waals surface area contributed by atoms with Crippen LogP contribution in [0.15, 0.2) is 12.1 Å². The molecule has 0 spiro atoms. The fourth-order valence-corrected chi connectivity index (χ4v) is 3.01. The molecule has 1 aromatic rings. The fourth-order valence-electron chi connectivity index (χ4n) is 2.81. The SMILES string of the molecule is COc1cc(Cl)c(NC(=O)NC2CCC(C(=O)O)CC2)cc1C. The van der Waals surface area contributed by atoms with Crippen molar-refractivity contribution in [2.45, 2.75) is 38.6 Å². The molecule has 0 aromatic heterocycles. The molecule has 7 heteroatoms. The Morgan fingerprint density at radius 1 is 1.26 bits per heavy atom. The number of urea groups is 1. The highest BCUT2D eigenvalue weighted by Crippen LogP contribution is 2.30. The molecule has 0 heterocycles. The number of carbonyl (C=O) groups excluding carboxylic acids is 1. The van der Waals surface area contributed by atoms with Gasteiger partial charge in [-0.15, -0.1) is 0 Å². The number of halogens is 1. The van der Waals surface area contributed by atoms with Crippen LogP contribution in [0.2, 0.25) is 5.02 Å². The summed E-state index contributed by atoms with van der Waals surface area (Å²) >= 11 is 6.13. The Morgan fingerprint density at radius 3 is 2.48 bits per heavy atom. The fraction of sp³-hybridized carbons (Fsp3) is 0.500. The van der Waals surface area contributed by atoms with Crippen LogP contribution < -0.4 is 15.4 Å². The van der Waals surface area contributed by atoms with Gasteiger partial charge in [-0.05, 0) is 44.2 Å². The van der Waals surface area contributed by atoms with Gasteiger partial charge in [0.05, 0.1) is 23.7 Å².